The molecule has 1 fully saturated rings. The molecule has 1 aromatic rings. The van der Waals surface area contributed by atoms with E-state index in [9.17, 15) is 8.42 Å². The van der Waals surface area contributed by atoms with Crippen molar-refractivity contribution in [3.63, 3.8) is 0 Å². The number of aryl methyl sites for hydroxylation is 2. The number of nitrogens with one attached hydrogen (secondary N) is 1. The van der Waals surface area contributed by atoms with Crippen LogP contribution >= 0.6 is 12.2 Å². The van der Waals surface area contributed by atoms with E-state index in [4.69, 9.17) is 18.0 Å². The number of nitrogens with zero attached hydrogens (tertiary/aromatic N) is 2. The summed E-state index contributed by atoms with van der Waals surface area (Å²) in [5.74, 6) is 1.00. The van der Waals surface area contributed by atoms with E-state index >= 15 is 0 Å². The van der Waals surface area contributed by atoms with Crippen LogP contribution in [0.3, 0.4) is 0 Å². The molecule has 2 rings (SSSR count). The Morgan fingerprint density at radius 2 is 2.21 bits per heavy atom. The highest BCUT2D eigenvalue weighted by Gasteiger charge is 2.39. The van der Waals surface area contributed by atoms with Gasteiger partial charge in [0.2, 0.25) is 0 Å². The number of thiocarbonyl (C=S) groups is 1. The van der Waals surface area contributed by atoms with E-state index in [-0.39, 0.29) is 16.5 Å². The quantitative estimate of drug-likeness (QED) is 0.783. The summed E-state index contributed by atoms with van der Waals surface area (Å²) in [6, 6.07) is 0. The number of hydrogen-bond donors (Lipinski definition) is 2. The van der Waals surface area contributed by atoms with E-state index in [1.165, 1.54) is 0 Å². The van der Waals surface area contributed by atoms with E-state index in [2.05, 4.69) is 10.4 Å². The fourth-order valence-electron chi connectivity index (χ4n) is 2.49. The van der Waals surface area contributed by atoms with Crippen LogP contribution in [-0.4, -0.2) is 40.2 Å². The van der Waals surface area contributed by atoms with E-state index in [1.807, 2.05) is 13.8 Å². The molecule has 2 heterocycles. The first kappa shape index (κ1) is 14.3. The second kappa shape index (κ2) is 4.45. The second-order valence-corrected chi connectivity index (χ2v) is 7.95. The summed E-state index contributed by atoms with van der Waals surface area (Å²) in [4.78, 5) is 0.262. The van der Waals surface area contributed by atoms with Crippen molar-refractivity contribution >= 4 is 32.9 Å². The third-order valence-corrected chi connectivity index (χ3v) is 5.50. The van der Waals surface area contributed by atoms with Gasteiger partial charge in [0.25, 0.3) is 0 Å². The van der Waals surface area contributed by atoms with Gasteiger partial charge in [-0.25, -0.2) is 8.42 Å². The van der Waals surface area contributed by atoms with Crippen molar-refractivity contribution in [2.24, 2.45) is 12.8 Å². The normalized spacial score (nSPS) is 25.4. The molecule has 1 atom stereocenters. The third-order valence-electron chi connectivity index (χ3n) is 3.39. The van der Waals surface area contributed by atoms with E-state index < -0.39 is 15.4 Å². The van der Waals surface area contributed by atoms with Crippen molar-refractivity contribution in [3.05, 3.63) is 11.3 Å². The summed E-state index contributed by atoms with van der Waals surface area (Å²) >= 11 is 5.04. The van der Waals surface area contributed by atoms with Gasteiger partial charge in [0.15, 0.2) is 9.84 Å². The van der Waals surface area contributed by atoms with Gasteiger partial charge in [-0.1, -0.05) is 12.2 Å². The van der Waals surface area contributed by atoms with Crippen molar-refractivity contribution in [2.45, 2.75) is 25.8 Å². The average Bonchev–Trinajstić information content (AvgIpc) is 2.65. The largest absolute Gasteiger partial charge is 0.389 e. The lowest BCUT2D eigenvalue weighted by atomic mass is 10.0. The number of anilines is 1. The molecule has 0 amide bonds. The Balaban J connectivity index is 2.37. The molecule has 1 aliphatic rings. The number of hydrogen-bond acceptors (Lipinski definition) is 5. The van der Waals surface area contributed by atoms with Crippen molar-refractivity contribution in [3.8, 4) is 0 Å². The zero-order chi connectivity index (χ0) is 14.4. The van der Waals surface area contributed by atoms with E-state index in [1.54, 1.807) is 11.7 Å². The molecular weight excluding hydrogens is 284 g/mol. The summed E-state index contributed by atoms with van der Waals surface area (Å²) in [6.45, 7) is 3.72. The topological polar surface area (TPSA) is 90.0 Å². The van der Waals surface area contributed by atoms with Crippen LogP contribution in [-0.2, 0) is 16.9 Å². The lowest BCUT2D eigenvalue weighted by Gasteiger charge is -2.26. The Bertz CT molecular complexity index is 635. The molecule has 0 bridgehead atoms. The van der Waals surface area contributed by atoms with Gasteiger partial charge in [-0.15, -0.1) is 0 Å². The Kier molecular flexibility index (Phi) is 3.34. The van der Waals surface area contributed by atoms with Crippen LogP contribution in [0, 0.1) is 6.92 Å². The summed E-state index contributed by atoms with van der Waals surface area (Å²) in [5.41, 5.74) is 6.64. The van der Waals surface area contributed by atoms with Crippen LogP contribution in [0.25, 0.3) is 0 Å². The van der Waals surface area contributed by atoms with Crippen LogP contribution in [0.15, 0.2) is 0 Å². The molecule has 3 N–H and O–H groups in total. The van der Waals surface area contributed by atoms with Gasteiger partial charge in [-0.3, -0.25) is 4.68 Å². The second-order valence-electron chi connectivity index (χ2n) is 5.32. The Morgan fingerprint density at radius 3 is 2.68 bits per heavy atom. The molecule has 19 heavy (non-hydrogen) atoms. The summed E-state index contributed by atoms with van der Waals surface area (Å²) in [5, 5.41) is 7.54. The number of rotatable bonds is 3. The number of nitrogens with two attached hydrogens (primary N) is 1. The minimum Gasteiger partial charge on any atom is -0.389 e. The Morgan fingerprint density at radius 1 is 1.58 bits per heavy atom. The smallest absolute Gasteiger partial charge is 0.152 e. The van der Waals surface area contributed by atoms with Gasteiger partial charge in [-0.05, 0) is 20.3 Å². The first-order valence-electron chi connectivity index (χ1n) is 5.96. The molecule has 0 spiro atoms. The highest BCUT2D eigenvalue weighted by molar-refractivity contribution is 7.91. The zero-order valence-electron chi connectivity index (χ0n) is 11.2. The molecule has 106 valence electrons. The van der Waals surface area contributed by atoms with Gasteiger partial charge in [0.05, 0.1) is 28.3 Å². The van der Waals surface area contributed by atoms with Crippen molar-refractivity contribution < 1.29 is 8.42 Å². The molecule has 0 saturated carbocycles. The van der Waals surface area contributed by atoms with Crippen LogP contribution in [0.4, 0.5) is 5.82 Å². The van der Waals surface area contributed by atoms with Gasteiger partial charge < -0.3 is 11.1 Å². The molecule has 1 saturated heterocycles. The molecule has 0 aliphatic carbocycles. The van der Waals surface area contributed by atoms with Crippen LogP contribution in [0.2, 0.25) is 0 Å². The molecule has 1 aromatic heterocycles. The number of aromatic nitrogens is 2. The first-order chi connectivity index (χ1) is 8.64. The standard InChI is InChI=1S/C11H18N4O2S2/c1-7-8(9(12)18)10(15(3)14-7)13-11(2)4-5-19(16,17)6-11/h13H,4-6H2,1-3H3,(H2,12,18). The van der Waals surface area contributed by atoms with Crippen LogP contribution in [0.1, 0.15) is 24.6 Å². The lowest BCUT2D eigenvalue weighted by molar-refractivity contribution is 0.565. The Hall–Kier alpha value is -1.15. The highest BCUT2D eigenvalue weighted by atomic mass is 32.2. The van der Waals surface area contributed by atoms with E-state index in [0.717, 1.165) is 5.69 Å². The lowest BCUT2D eigenvalue weighted by Crippen LogP contribution is -2.37. The average molecular weight is 302 g/mol. The minimum absolute atomic E-state index is 0.112. The molecule has 0 radical (unpaired) electrons. The number of sulfone groups is 1. The predicted molar refractivity (Wildman–Crippen MR) is 79.1 cm³/mol. The highest BCUT2D eigenvalue weighted by Crippen LogP contribution is 2.29. The SMILES string of the molecule is Cc1nn(C)c(NC2(C)CCS(=O)(=O)C2)c1C(N)=S. The maximum absolute atomic E-state index is 11.6. The zero-order valence-corrected chi connectivity index (χ0v) is 12.9. The third kappa shape index (κ3) is 2.74. The van der Waals surface area contributed by atoms with Crippen molar-refractivity contribution in [1.29, 1.82) is 0 Å². The van der Waals surface area contributed by atoms with Crippen LogP contribution in [0.5, 0.6) is 0 Å². The van der Waals surface area contributed by atoms with E-state index in [0.29, 0.717) is 17.8 Å². The Labute approximate surface area is 118 Å². The monoisotopic (exact) mass is 302 g/mol. The maximum Gasteiger partial charge on any atom is 0.152 e. The maximum atomic E-state index is 11.6. The van der Waals surface area contributed by atoms with Gasteiger partial charge in [0, 0.05) is 7.05 Å². The molecular formula is C11H18N4O2S2. The van der Waals surface area contributed by atoms with Crippen LogP contribution < -0.4 is 11.1 Å². The van der Waals surface area contributed by atoms with Gasteiger partial charge in [0.1, 0.15) is 10.8 Å². The fourth-order valence-corrected chi connectivity index (χ4v) is 4.83. The molecule has 1 unspecified atom stereocenters. The first-order valence-corrected chi connectivity index (χ1v) is 8.18. The summed E-state index contributed by atoms with van der Waals surface area (Å²) in [7, 11) is -1.19. The summed E-state index contributed by atoms with van der Waals surface area (Å²) < 4.78 is 24.9. The molecule has 0 aromatic carbocycles. The fraction of sp³-hybridized carbons (Fsp3) is 0.636. The van der Waals surface area contributed by atoms with Crippen molar-refractivity contribution in [1.82, 2.24) is 9.78 Å². The van der Waals surface area contributed by atoms with Gasteiger partial charge in [-0.2, -0.15) is 5.10 Å². The predicted octanol–water partition coefficient (Wildman–Crippen LogP) is 0.352. The molecule has 8 heteroatoms. The van der Waals surface area contributed by atoms with Crippen molar-refractivity contribution in [2.75, 3.05) is 16.8 Å². The van der Waals surface area contributed by atoms with Gasteiger partial charge >= 0.3 is 0 Å². The molecule has 1 aliphatic heterocycles. The minimum atomic E-state index is -2.97. The molecule has 6 nitrogen and oxygen atoms in total. The summed E-state index contributed by atoms with van der Waals surface area (Å²) in [6.07, 6.45) is 0.566.